The Morgan fingerprint density at radius 1 is 1.04 bits per heavy atom. The van der Waals surface area contributed by atoms with Crippen molar-refractivity contribution in [3.05, 3.63) is 64.7 Å². The molecule has 1 saturated heterocycles. The van der Waals surface area contributed by atoms with Gasteiger partial charge in [0.2, 0.25) is 0 Å². The molecule has 2 aromatic rings. The van der Waals surface area contributed by atoms with Gasteiger partial charge in [-0.2, -0.15) is 0 Å². The third-order valence-electron chi connectivity index (χ3n) is 5.67. The first-order chi connectivity index (χ1) is 12.9. The normalized spacial score (nSPS) is 20.1. The molecule has 0 N–H and O–H groups in total. The second-order valence-electron chi connectivity index (χ2n) is 8.12. The predicted molar refractivity (Wildman–Crippen MR) is 102 cm³/mol. The van der Waals surface area contributed by atoms with Crippen LogP contribution in [0, 0.1) is 18.6 Å². The summed E-state index contributed by atoms with van der Waals surface area (Å²) in [5.74, 6) is -0.110. The van der Waals surface area contributed by atoms with Crippen LogP contribution >= 0.6 is 0 Å². The molecule has 144 valence electrons. The predicted octanol–water partition coefficient (Wildman–Crippen LogP) is 4.13. The molecule has 0 radical (unpaired) electrons. The molecular formula is C22H26F2N2O. The fourth-order valence-electron chi connectivity index (χ4n) is 4.26. The zero-order valence-corrected chi connectivity index (χ0v) is 16.0. The van der Waals surface area contributed by atoms with Crippen LogP contribution in [-0.2, 0) is 13.1 Å². The number of rotatable bonds is 2. The Labute approximate surface area is 159 Å². The smallest absolute Gasteiger partial charge is 0.126 e. The van der Waals surface area contributed by atoms with E-state index in [9.17, 15) is 8.78 Å². The summed E-state index contributed by atoms with van der Waals surface area (Å²) in [5.41, 5.74) is 2.74. The molecule has 2 aromatic carbocycles. The number of nitrogens with zero attached hydrogens (tertiary/aromatic N) is 2. The van der Waals surface area contributed by atoms with Crippen molar-refractivity contribution in [2.45, 2.75) is 38.5 Å². The molecule has 27 heavy (non-hydrogen) atoms. The fraction of sp³-hybridized carbons (Fsp3) is 0.455. The molecule has 2 heterocycles. The van der Waals surface area contributed by atoms with E-state index in [2.05, 4.69) is 42.0 Å². The fourth-order valence-corrected chi connectivity index (χ4v) is 4.26. The number of hydrogen-bond donors (Lipinski definition) is 0. The summed E-state index contributed by atoms with van der Waals surface area (Å²) in [6, 6.07) is 10.1. The summed E-state index contributed by atoms with van der Waals surface area (Å²) < 4.78 is 33.9. The first-order valence-corrected chi connectivity index (χ1v) is 9.55. The van der Waals surface area contributed by atoms with Gasteiger partial charge < -0.3 is 9.64 Å². The van der Waals surface area contributed by atoms with E-state index in [0.717, 1.165) is 49.9 Å². The number of likely N-dealkylation sites (tertiary alicyclic amines) is 1. The molecule has 2 aliphatic rings. The van der Waals surface area contributed by atoms with Crippen molar-refractivity contribution in [1.29, 1.82) is 0 Å². The van der Waals surface area contributed by atoms with Crippen molar-refractivity contribution in [3.63, 3.8) is 0 Å². The maximum Gasteiger partial charge on any atom is 0.126 e. The zero-order valence-electron chi connectivity index (χ0n) is 16.0. The second kappa shape index (κ2) is 7.21. The lowest BCUT2D eigenvalue weighted by atomic mass is 9.90. The van der Waals surface area contributed by atoms with Crippen LogP contribution in [0.2, 0.25) is 0 Å². The maximum atomic E-state index is 13.7. The molecule has 2 aliphatic heterocycles. The summed E-state index contributed by atoms with van der Waals surface area (Å²) >= 11 is 0. The average Bonchev–Trinajstić information content (AvgIpc) is 2.73. The number of halogens is 2. The molecule has 3 nitrogen and oxygen atoms in total. The average molecular weight is 372 g/mol. The number of benzene rings is 2. The molecule has 0 amide bonds. The first kappa shape index (κ1) is 18.4. The van der Waals surface area contributed by atoms with Crippen LogP contribution < -0.4 is 4.74 Å². The number of piperidine rings is 1. The van der Waals surface area contributed by atoms with Crippen molar-refractivity contribution in [3.8, 4) is 5.75 Å². The maximum absolute atomic E-state index is 13.7. The minimum atomic E-state index is -0.527. The molecule has 0 aromatic heterocycles. The highest BCUT2D eigenvalue weighted by Crippen LogP contribution is 2.36. The SMILES string of the molecule is Cc1ccc2c(c1)CN(Cc1cc(F)cc(F)c1)CC1(CCN(C)CC1)O2. The van der Waals surface area contributed by atoms with E-state index in [1.807, 2.05) is 0 Å². The van der Waals surface area contributed by atoms with Crippen molar-refractivity contribution < 1.29 is 13.5 Å². The summed E-state index contributed by atoms with van der Waals surface area (Å²) in [7, 11) is 2.13. The van der Waals surface area contributed by atoms with Crippen LogP contribution in [0.15, 0.2) is 36.4 Å². The monoisotopic (exact) mass is 372 g/mol. The van der Waals surface area contributed by atoms with Gasteiger partial charge >= 0.3 is 0 Å². The standard InChI is InChI=1S/C22H26F2N2O/c1-16-3-4-21-18(9-16)14-26(13-17-10-19(23)12-20(24)11-17)15-22(27-21)5-7-25(2)8-6-22/h3-4,9-12H,5-8,13-15H2,1-2H3. The Hall–Kier alpha value is -1.98. The second-order valence-corrected chi connectivity index (χ2v) is 8.12. The third-order valence-corrected chi connectivity index (χ3v) is 5.67. The van der Waals surface area contributed by atoms with Gasteiger partial charge in [-0.15, -0.1) is 0 Å². The highest BCUT2D eigenvalue weighted by molar-refractivity contribution is 5.38. The van der Waals surface area contributed by atoms with E-state index in [1.165, 1.54) is 17.7 Å². The van der Waals surface area contributed by atoms with Gasteiger partial charge in [0.05, 0.1) is 0 Å². The van der Waals surface area contributed by atoms with Crippen molar-refractivity contribution in [2.75, 3.05) is 26.7 Å². The van der Waals surface area contributed by atoms with E-state index in [4.69, 9.17) is 4.74 Å². The van der Waals surface area contributed by atoms with Crippen LogP contribution in [0.25, 0.3) is 0 Å². The van der Waals surface area contributed by atoms with Gasteiger partial charge in [0.15, 0.2) is 0 Å². The van der Waals surface area contributed by atoms with Gasteiger partial charge in [-0.1, -0.05) is 17.7 Å². The van der Waals surface area contributed by atoms with Crippen LogP contribution in [0.1, 0.15) is 29.5 Å². The van der Waals surface area contributed by atoms with Gasteiger partial charge in [-0.3, -0.25) is 4.90 Å². The molecule has 0 atom stereocenters. The molecule has 1 fully saturated rings. The van der Waals surface area contributed by atoms with E-state index >= 15 is 0 Å². The summed E-state index contributed by atoms with van der Waals surface area (Å²) in [5, 5.41) is 0. The molecular weight excluding hydrogens is 346 g/mol. The zero-order chi connectivity index (χ0) is 19.0. The molecule has 1 spiro atoms. The highest BCUT2D eigenvalue weighted by atomic mass is 19.1. The Bertz CT molecular complexity index is 811. The first-order valence-electron chi connectivity index (χ1n) is 9.55. The molecule has 0 unspecified atom stereocenters. The van der Waals surface area contributed by atoms with E-state index in [0.29, 0.717) is 18.7 Å². The Morgan fingerprint density at radius 3 is 2.44 bits per heavy atom. The van der Waals surface area contributed by atoms with E-state index in [1.54, 1.807) is 0 Å². The van der Waals surface area contributed by atoms with Crippen LogP contribution in [0.3, 0.4) is 0 Å². The lowest BCUT2D eigenvalue weighted by Crippen LogP contribution is -2.52. The molecule has 5 heteroatoms. The number of fused-ring (bicyclic) bond motifs is 1. The summed E-state index contributed by atoms with van der Waals surface area (Å²) in [6.07, 6.45) is 1.90. The lowest BCUT2D eigenvalue weighted by Gasteiger charge is -2.42. The van der Waals surface area contributed by atoms with E-state index < -0.39 is 11.6 Å². The Kier molecular flexibility index (Phi) is 4.91. The highest BCUT2D eigenvalue weighted by Gasteiger charge is 2.40. The van der Waals surface area contributed by atoms with Crippen LogP contribution in [0.5, 0.6) is 5.75 Å². The number of ether oxygens (including phenoxy) is 1. The van der Waals surface area contributed by atoms with Gasteiger partial charge in [-0.25, -0.2) is 8.78 Å². The lowest BCUT2D eigenvalue weighted by molar-refractivity contribution is -0.0146. The Morgan fingerprint density at radius 2 is 1.74 bits per heavy atom. The number of aryl methyl sites for hydroxylation is 1. The third kappa shape index (κ3) is 4.14. The quantitative estimate of drug-likeness (QED) is 0.788. The van der Waals surface area contributed by atoms with Crippen LogP contribution in [-0.4, -0.2) is 42.1 Å². The molecule has 0 aliphatic carbocycles. The molecule has 0 saturated carbocycles. The molecule has 4 rings (SSSR count). The summed E-state index contributed by atoms with van der Waals surface area (Å²) in [6.45, 7) is 6.03. The van der Waals surface area contributed by atoms with E-state index in [-0.39, 0.29) is 5.60 Å². The topological polar surface area (TPSA) is 15.7 Å². The van der Waals surface area contributed by atoms with Gasteiger partial charge in [0.25, 0.3) is 0 Å². The van der Waals surface area contributed by atoms with Crippen LogP contribution in [0.4, 0.5) is 8.78 Å². The van der Waals surface area contributed by atoms with Gasteiger partial charge in [0, 0.05) is 57.2 Å². The Balaban J connectivity index is 1.65. The van der Waals surface area contributed by atoms with Gasteiger partial charge in [-0.05, 0) is 37.7 Å². The van der Waals surface area contributed by atoms with Crippen molar-refractivity contribution >= 4 is 0 Å². The number of hydrogen-bond acceptors (Lipinski definition) is 3. The minimum Gasteiger partial charge on any atom is -0.486 e. The largest absolute Gasteiger partial charge is 0.486 e. The minimum absolute atomic E-state index is 0.251. The van der Waals surface area contributed by atoms with Crippen molar-refractivity contribution in [1.82, 2.24) is 9.80 Å². The molecule has 0 bridgehead atoms. The van der Waals surface area contributed by atoms with Crippen molar-refractivity contribution in [2.24, 2.45) is 0 Å². The summed E-state index contributed by atoms with van der Waals surface area (Å²) in [4.78, 5) is 4.59. The van der Waals surface area contributed by atoms with Gasteiger partial charge in [0.1, 0.15) is 23.0 Å².